The van der Waals surface area contributed by atoms with Gasteiger partial charge in [-0.15, -0.1) is 22.7 Å². The lowest BCUT2D eigenvalue weighted by molar-refractivity contribution is 0.0680. The number of sulfonamides is 3. The van der Waals surface area contributed by atoms with Crippen LogP contribution in [0.25, 0.3) is 0 Å². The van der Waals surface area contributed by atoms with E-state index in [1.54, 1.807) is 13.8 Å². The summed E-state index contributed by atoms with van der Waals surface area (Å²) in [5.41, 5.74) is -1.26. The Morgan fingerprint density at radius 2 is 1.05 bits per heavy atom. The number of carboxylic acids is 1. The van der Waals surface area contributed by atoms with E-state index in [4.69, 9.17) is 44.3 Å². The second-order valence-corrected chi connectivity index (χ2v) is 23.1. The van der Waals surface area contributed by atoms with Crippen LogP contribution in [0.3, 0.4) is 0 Å². The largest absolute Gasteiger partial charge is 0.507 e. The quantitative estimate of drug-likeness (QED) is 0.0504. The van der Waals surface area contributed by atoms with Crippen molar-refractivity contribution >= 4 is 138 Å². The molecule has 4 aromatic carbocycles. The number of halogens is 4. The van der Waals surface area contributed by atoms with Crippen LogP contribution in [0, 0.1) is 13.8 Å². The highest BCUT2D eigenvalue weighted by atomic mass is 79.9. The van der Waals surface area contributed by atoms with Gasteiger partial charge in [-0.25, -0.2) is 39.6 Å². The summed E-state index contributed by atoms with van der Waals surface area (Å²) < 4.78 is 97.0. The molecule has 0 aliphatic carbocycles. The van der Waals surface area contributed by atoms with Gasteiger partial charge in [-0.3, -0.25) is 14.2 Å². The molecule has 0 saturated heterocycles. The van der Waals surface area contributed by atoms with Crippen LogP contribution < -0.4 is 23.6 Å². The molecule has 5 N–H and O–H groups in total. The molecule has 0 saturated carbocycles. The average molecular weight is 1070 g/mol. The Morgan fingerprint density at radius 3 is 1.53 bits per heavy atom. The predicted octanol–water partition coefficient (Wildman–Crippen LogP) is 9.39. The van der Waals surface area contributed by atoms with Crippen molar-refractivity contribution in [2.24, 2.45) is 0 Å². The third-order valence-electron chi connectivity index (χ3n) is 8.14. The van der Waals surface area contributed by atoms with Gasteiger partial charge in [0.25, 0.3) is 30.1 Å². The minimum absolute atomic E-state index is 0.0294. The third-order valence-corrected chi connectivity index (χ3v) is 17.3. The first-order valence-electron chi connectivity index (χ1n) is 16.8. The Labute approximate surface area is 384 Å². The number of hydrogen-bond donors (Lipinski definition) is 5. The first-order chi connectivity index (χ1) is 28.9. The van der Waals surface area contributed by atoms with Gasteiger partial charge in [0, 0.05) is 28.2 Å². The van der Waals surface area contributed by atoms with Crippen LogP contribution in [0.5, 0.6) is 17.2 Å². The fraction of sp³-hybridized carbons (Fsp3) is 0.0541. The lowest BCUT2D eigenvalue weighted by atomic mass is 10.1. The molecule has 0 unspecified atom stereocenters. The zero-order chi connectivity index (χ0) is 45.5. The van der Waals surface area contributed by atoms with E-state index in [9.17, 15) is 49.9 Å². The number of hydrogen-bond acceptors (Lipinski definition) is 14. The topological polar surface area (TPSA) is 249 Å². The van der Waals surface area contributed by atoms with E-state index in [2.05, 4.69) is 30.1 Å². The maximum absolute atomic E-state index is 13.8. The lowest BCUT2D eigenvalue weighted by Gasteiger charge is -2.15. The summed E-state index contributed by atoms with van der Waals surface area (Å²) in [6.45, 7) is 3.27. The Morgan fingerprint density at radius 1 is 0.597 bits per heavy atom. The van der Waals surface area contributed by atoms with Crippen LogP contribution in [-0.2, 0) is 30.1 Å². The highest BCUT2D eigenvalue weighted by Gasteiger charge is 2.27. The minimum atomic E-state index is -4.31. The van der Waals surface area contributed by atoms with E-state index in [0.29, 0.717) is 14.9 Å². The van der Waals surface area contributed by atoms with Gasteiger partial charge in [-0.2, -0.15) is 0 Å². The molecule has 0 atom stereocenters. The molecule has 2 aromatic heterocycles. The molecule has 0 radical (unpaired) electrons. The molecule has 0 fully saturated rings. The molecule has 0 aliphatic heterocycles. The summed E-state index contributed by atoms with van der Waals surface area (Å²) >= 11 is 22.9. The van der Waals surface area contributed by atoms with Gasteiger partial charge in [0.2, 0.25) is 0 Å². The molecule has 62 heavy (non-hydrogen) atoms. The summed E-state index contributed by atoms with van der Waals surface area (Å²) in [6.07, 6.45) is 0. The van der Waals surface area contributed by atoms with Gasteiger partial charge in [-0.1, -0.05) is 34.8 Å². The summed E-state index contributed by atoms with van der Waals surface area (Å²) in [5, 5.41) is 20.8. The first-order valence-corrected chi connectivity index (χ1v) is 24.8. The Kier molecular flexibility index (Phi) is 13.6. The number of esters is 2. The van der Waals surface area contributed by atoms with Crippen molar-refractivity contribution in [2.45, 2.75) is 27.2 Å². The molecular weight excluding hydrogens is 1040 g/mol. The number of aryl methyl sites for hydroxylation is 2. The van der Waals surface area contributed by atoms with E-state index >= 15 is 0 Å². The standard InChI is InChI=1S/C37H25BrCl3N3O13S5/c1-17-9-31(58-33(17)38)61(52,53)43-22-4-7-26(35(46)47)29(15-22)56-37(49)27-8-5-23(44-62(54,55)32-10-18(2)34(41)59-32)16-30(27)57-36(48)25-6-3-21(14-28(25)45)42-60(50,51)24-12-19(39)11-20(40)13-24/h3-16,42-45H,1-2H3,(H,46,47). The van der Waals surface area contributed by atoms with Crippen LogP contribution in [0.1, 0.15) is 42.2 Å². The van der Waals surface area contributed by atoms with Gasteiger partial charge >= 0.3 is 17.9 Å². The summed E-state index contributed by atoms with van der Waals surface area (Å²) in [4.78, 5) is 39.3. The van der Waals surface area contributed by atoms with Crippen molar-refractivity contribution in [3.8, 4) is 17.2 Å². The van der Waals surface area contributed by atoms with Crippen LogP contribution >= 0.6 is 73.4 Å². The summed E-state index contributed by atoms with van der Waals surface area (Å²) in [5.74, 6) is -6.40. The Bertz CT molecular complexity index is 3120. The van der Waals surface area contributed by atoms with Crippen molar-refractivity contribution in [1.29, 1.82) is 0 Å². The zero-order valence-corrected chi connectivity index (χ0v) is 39.0. The molecule has 2 heterocycles. The molecule has 0 amide bonds. The smallest absolute Gasteiger partial charge is 0.347 e. The molecule has 0 bridgehead atoms. The number of aromatic hydroxyl groups is 1. The average Bonchev–Trinajstić information content (AvgIpc) is 3.70. The number of carbonyl (C=O) groups excluding carboxylic acids is 2. The van der Waals surface area contributed by atoms with Crippen molar-refractivity contribution in [3.63, 3.8) is 0 Å². The number of carbonyl (C=O) groups is 3. The van der Waals surface area contributed by atoms with Crippen LogP contribution in [-0.4, -0.2) is 53.4 Å². The number of thiophene rings is 2. The van der Waals surface area contributed by atoms with Gasteiger partial charge in [0.15, 0.2) is 0 Å². The molecule has 6 aromatic rings. The second-order valence-electron chi connectivity index (χ2n) is 12.7. The number of phenols is 1. The Balaban J connectivity index is 1.33. The van der Waals surface area contributed by atoms with Gasteiger partial charge < -0.3 is 19.7 Å². The van der Waals surface area contributed by atoms with E-state index < -0.39 is 81.9 Å². The second kappa shape index (κ2) is 18.1. The van der Waals surface area contributed by atoms with Gasteiger partial charge in [0.05, 0.1) is 30.1 Å². The molecule has 324 valence electrons. The SMILES string of the molecule is Cc1cc(S(=O)(=O)Nc2ccc(C(=O)Oc3cc(NS(=O)(=O)c4cc(C)c(Br)s4)ccc3C(=O)O)c(OC(=O)c3ccc(NS(=O)(=O)c4cc(Cl)cc(Cl)c4)cc3O)c2)sc1Cl. The van der Waals surface area contributed by atoms with Crippen LogP contribution in [0.4, 0.5) is 17.1 Å². The maximum Gasteiger partial charge on any atom is 0.347 e. The summed E-state index contributed by atoms with van der Waals surface area (Å²) in [6, 6.07) is 15.3. The normalized spacial score (nSPS) is 11.8. The maximum atomic E-state index is 13.8. The van der Waals surface area contributed by atoms with Crippen molar-refractivity contribution in [2.75, 3.05) is 14.2 Å². The highest BCUT2D eigenvalue weighted by Crippen LogP contribution is 2.36. The van der Waals surface area contributed by atoms with E-state index in [1.165, 1.54) is 18.2 Å². The number of ether oxygens (including phenoxy) is 2. The van der Waals surface area contributed by atoms with Crippen LogP contribution in [0.15, 0.2) is 102 Å². The molecular formula is C37H25BrCl3N3O13S5. The molecule has 0 aliphatic rings. The molecule has 16 nitrogen and oxygen atoms in total. The third kappa shape index (κ3) is 10.6. The molecule has 6 rings (SSSR count). The number of anilines is 3. The van der Waals surface area contributed by atoms with Crippen molar-refractivity contribution in [1.82, 2.24) is 0 Å². The number of nitrogens with one attached hydrogen (secondary N) is 3. The molecule has 0 spiro atoms. The number of phenolic OH excluding ortho intramolecular Hbond substituents is 1. The van der Waals surface area contributed by atoms with Crippen molar-refractivity contribution in [3.05, 3.63) is 131 Å². The highest BCUT2D eigenvalue weighted by molar-refractivity contribution is 9.11. The monoisotopic (exact) mass is 1060 g/mol. The predicted molar refractivity (Wildman–Crippen MR) is 238 cm³/mol. The lowest BCUT2D eigenvalue weighted by Crippen LogP contribution is -2.18. The number of benzene rings is 4. The van der Waals surface area contributed by atoms with E-state index in [-0.39, 0.29) is 44.8 Å². The number of aromatic carboxylic acids is 1. The summed E-state index contributed by atoms with van der Waals surface area (Å²) in [7, 11) is -12.8. The number of rotatable bonds is 14. The fourth-order valence-electron chi connectivity index (χ4n) is 5.20. The van der Waals surface area contributed by atoms with Gasteiger partial charge in [0.1, 0.15) is 42.4 Å². The fourth-order valence-corrected chi connectivity index (χ4v) is 13.0. The first kappa shape index (κ1) is 46.6. The van der Waals surface area contributed by atoms with E-state index in [1.807, 2.05) is 0 Å². The van der Waals surface area contributed by atoms with Gasteiger partial charge in [-0.05, 0) is 108 Å². The van der Waals surface area contributed by atoms with Crippen molar-refractivity contribution < 1.29 is 59.3 Å². The number of carboxylic acid groups (broad SMARTS) is 1. The Hall–Kier alpha value is -4.91. The zero-order valence-electron chi connectivity index (χ0n) is 31.0. The van der Waals surface area contributed by atoms with E-state index in [0.717, 1.165) is 89.4 Å². The molecule has 25 heteroatoms. The van der Waals surface area contributed by atoms with Crippen LogP contribution in [0.2, 0.25) is 14.4 Å². The minimum Gasteiger partial charge on any atom is -0.507 e.